The van der Waals surface area contributed by atoms with Crippen LogP contribution in [0.25, 0.3) is 0 Å². The van der Waals surface area contributed by atoms with Gasteiger partial charge in [-0.3, -0.25) is 0 Å². The van der Waals surface area contributed by atoms with Crippen LogP contribution in [0.5, 0.6) is 0 Å². The van der Waals surface area contributed by atoms with Crippen LogP contribution < -0.4 is 0 Å². The molecule has 0 bridgehead atoms. The van der Waals surface area contributed by atoms with E-state index in [4.69, 9.17) is 50.0 Å². The monoisotopic (exact) mass is 460 g/mol. The molecule has 0 aliphatic heterocycles. The largest absolute Gasteiger partial charge is 0.479 e. The van der Waals surface area contributed by atoms with Gasteiger partial charge in [0.25, 0.3) is 0 Å². The summed E-state index contributed by atoms with van der Waals surface area (Å²) in [4.78, 5) is 19.5. The fraction of sp³-hybridized carbons (Fsp3) is 0.895. The molecular weight excluding hydrogens is 420 g/mol. The topological polar surface area (TPSA) is 203 Å². The molecule has 0 aliphatic rings. The molecule has 31 heavy (non-hydrogen) atoms. The van der Waals surface area contributed by atoms with Gasteiger partial charge >= 0.3 is 11.9 Å². The molecule has 6 atom stereocenters. The van der Waals surface area contributed by atoms with Gasteiger partial charge in [0.05, 0.1) is 50.8 Å². The summed E-state index contributed by atoms with van der Waals surface area (Å²) in [5.41, 5.74) is 0. The van der Waals surface area contributed by atoms with Crippen molar-refractivity contribution in [2.45, 2.75) is 77.7 Å². The van der Waals surface area contributed by atoms with Crippen LogP contribution in [0.3, 0.4) is 0 Å². The summed E-state index contributed by atoms with van der Waals surface area (Å²) in [5, 5.41) is 58.6. The molecule has 0 aromatic carbocycles. The van der Waals surface area contributed by atoms with Crippen LogP contribution in [-0.2, 0) is 23.8 Å². The molecule has 0 amide bonds. The Morgan fingerprint density at radius 2 is 1.13 bits per heavy atom. The standard InChI is InChI=1S/C9H20O3.C6H14O3.C4H6O6/c1-4-5-11-7-9(3)12-6-8(2)10;1-5(8)4-9-6(2)3-7;5-1(3(7)8)2(6)4(9)10/h8-10H,4-7H2,1-3H3;5-8H,3-4H2,1-2H3;1-2,5-6H,(H,7,8)(H,9,10). The predicted molar refractivity (Wildman–Crippen MR) is 110 cm³/mol. The summed E-state index contributed by atoms with van der Waals surface area (Å²) in [6.45, 7) is 11.2. The van der Waals surface area contributed by atoms with Gasteiger partial charge in [0.2, 0.25) is 0 Å². The first-order valence-electron chi connectivity index (χ1n) is 9.89. The highest BCUT2D eigenvalue weighted by Gasteiger charge is 2.29. The minimum absolute atomic E-state index is 0.00667. The number of aliphatic hydroxyl groups excluding tert-OH is 5. The van der Waals surface area contributed by atoms with E-state index >= 15 is 0 Å². The molecule has 12 nitrogen and oxygen atoms in total. The summed E-state index contributed by atoms with van der Waals surface area (Å²) in [7, 11) is 0. The molecule has 0 radical (unpaired) electrons. The molecule has 0 spiro atoms. The van der Waals surface area contributed by atoms with Crippen molar-refractivity contribution in [2.75, 3.05) is 33.0 Å². The van der Waals surface area contributed by atoms with Gasteiger partial charge in [-0.15, -0.1) is 0 Å². The zero-order valence-electron chi connectivity index (χ0n) is 18.9. The van der Waals surface area contributed by atoms with E-state index in [1.165, 1.54) is 0 Å². The molecule has 0 fully saturated rings. The summed E-state index contributed by atoms with van der Waals surface area (Å²) in [6, 6.07) is 0. The Balaban J connectivity index is -0.000000384. The number of aliphatic carboxylic acids is 2. The van der Waals surface area contributed by atoms with Crippen LogP contribution in [0.15, 0.2) is 0 Å². The Morgan fingerprint density at radius 3 is 1.42 bits per heavy atom. The second-order valence-electron chi connectivity index (χ2n) is 6.81. The number of hydrogen-bond acceptors (Lipinski definition) is 10. The Kier molecular flexibility index (Phi) is 24.1. The van der Waals surface area contributed by atoms with Gasteiger partial charge in [0.1, 0.15) is 0 Å². The van der Waals surface area contributed by atoms with Crippen LogP contribution in [0.2, 0.25) is 0 Å². The van der Waals surface area contributed by atoms with Crippen LogP contribution in [0.4, 0.5) is 0 Å². The number of carboxylic acid groups (broad SMARTS) is 2. The first-order valence-corrected chi connectivity index (χ1v) is 9.89. The molecule has 188 valence electrons. The van der Waals surface area contributed by atoms with Gasteiger partial charge in [-0.2, -0.15) is 0 Å². The molecular formula is C19H40O12. The number of rotatable bonds is 14. The number of ether oxygens (including phenoxy) is 3. The van der Waals surface area contributed by atoms with Crippen LogP contribution in [-0.4, -0.2) is 117 Å². The third-order valence-corrected chi connectivity index (χ3v) is 3.01. The second-order valence-corrected chi connectivity index (χ2v) is 6.81. The fourth-order valence-corrected chi connectivity index (χ4v) is 1.37. The van der Waals surface area contributed by atoms with Crippen LogP contribution >= 0.6 is 0 Å². The number of hydrogen-bond donors (Lipinski definition) is 7. The van der Waals surface area contributed by atoms with Gasteiger partial charge in [-0.25, -0.2) is 9.59 Å². The van der Waals surface area contributed by atoms with Gasteiger partial charge in [-0.05, 0) is 34.1 Å². The first kappa shape index (κ1) is 34.2. The quantitative estimate of drug-likeness (QED) is 0.153. The maximum atomic E-state index is 9.77. The summed E-state index contributed by atoms with van der Waals surface area (Å²) in [5.74, 6) is -3.54. The number of aliphatic hydroxyl groups is 5. The third-order valence-electron chi connectivity index (χ3n) is 3.01. The number of carboxylic acids is 2. The maximum Gasteiger partial charge on any atom is 0.335 e. The van der Waals surface area contributed by atoms with Crippen molar-refractivity contribution in [3.63, 3.8) is 0 Å². The lowest BCUT2D eigenvalue weighted by Gasteiger charge is -2.14. The zero-order valence-corrected chi connectivity index (χ0v) is 18.9. The van der Waals surface area contributed by atoms with Crippen LogP contribution in [0.1, 0.15) is 41.0 Å². The Bertz CT molecular complexity index is 412. The smallest absolute Gasteiger partial charge is 0.335 e. The van der Waals surface area contributed by atoms with E-state index in [1.807, 2.05) is 6.92 Å². The average Bonchev–Trinajstić information content (AvgIpc) is 2.70. The van der Waals surface area contributed by atoms with E-state index in [9.17, 15) is 9.59 Å². The molecule has 6 unspecified atom stereocenters. The fourth-order valence-electron chi connectivity index (χ4n) is 1.37. The normalized spacial score (nSPS) is 16.3. The maximum absolute atomic E-state index is 9.77. The Labute approximate surface area is 183 Å². The molecule has 0 heterocycles. The van der Waals surface area contributed by atoms with Crippen molar-refractivity contribution >= 4 is 11.9 Å². The van der Waals surface area contributed by atoms with Gasteiger partial charge in [-0.1, -0.05) is 6.92 Å². The number of carbonyl (C=O) groups is 2. The molecule has 0 saturated carbocycles. The molecule has 12 heteroatoms. The van der Waals surface area contributed by atoms with Gasteiger partial charge < -0.3 is 50.0 Å². The minimum atomic E-state index is -2.27. The Hall–Kier alpha value is -1.38. The molecule has 0 aromatic rings. The lowest BCUT2D eigenvalue weighted by atomic mass is 10.2. The van der Waals surface area contributed by atoms with Gasteiger partial charge in [0, 0.05) is 6.61 Å². The summed E-state index contributed by atoms with van der Waals surface area (Å²) >= 11 is 0. The van der Waals surface area contributed by atoms with E-state index < -0.39 is 36.4 Å². The van der Waals surface area contributed by atoms with Crippen LogP contribution in [0, 0.1) is 0 Å². The van der Waals surface area contributed by atoms with Crippen molar-refractivity contribution in [3.05, 3.63) is 0 Å². The second kappa shape index (κ2) is 21.8. The molecule has 0 rings (SSSR count). The van der Waals surface area contributed by atoms with Crippen molar-refractivity contribution < 1.29 is 59.5 Å². The highest BCUT2D eigenvalue weighted by Crippen LogP contribution is 1.95. The predicted octanol–water partition coefficient (Wildman–Crippen LogP) is -1.16. The lowest BCUT2D eigenvalue weighted by Crippen LogP contribution is -2.39. The highest BCUT2D eigenvalue weighted by atomic mass is 16.5. The van der Waals surface area contributed by atoms with Crippen molar-refractivity contribution in [1.29, 1.82) is 0 Å². The first-order chi connectivity index (χ1) is 14.3. The average molecular weight is 461 g/mol. The van der Waals surface area contributed by atoms with Crippen molar-refractivity contribution in [1.82, 2.24) is 0 Å². The van der Waals surface area contributed by atoms with E-state index in [0.717, 1.165) is 13.0 Å². The molecule has 7 N–H and O–H groups in total. The van der Waals surface area contributed by atoms with Crippen molar-refractivity contribution in [3.8, 4) is 0 Å². The van der Waals surface area contributed by atoms with E-state index in [-0.39, 0.29) is 18.8 Å². The van der Waals surface area contributed by atoms with Crippen molar-refractivity contribution in [2.24, 2.45) is 0 Å². The lowest BCUT2D eigenvalue weighted by molar-refractivity contribution is -0.165. The summed E-state index contributed by atoms with van der Waals surface area (Å²) < 4.78 is 15.5. The molecule has 0 saturated heterocycles. The van der Waals surface area contributed by atoms with Gasteiger partial charge in [0.15, 0.2) is 12.2 Å². The summed E-state index contributed by atoms with van der Waals surface area (Å²) in [6.07, 6.45) is -4.43. The van der Waals surface area contributed by atoms with E-state index in [1.54, 1.807) is 20.8 Å². The third kappa shape index (κ3) is 26.6. The minimum Gasteiger partial charge on any atom is -0.479 e. The Morgan fingerprint density at radius 1 is 0.742 bits per heavy atom. The SMILES string of the molecule is CC(O)COC(C)CO.CCCOCC(C)OCC(C)O.O=C(O)C(O)C(O)C(=O)O. The molecule has 0 aromatic heterocycles. The van der Waals surface area contributed by atoms with E-state index in [0.29, 0.717) is 19.8 Å². The molecule has 0 aliphatic carbocycles. The highest BCUT2D eigenvalue weighted by molar-refractivity contribution is 5.83. The zero-order chi connectivity index (χ0) is 25.0. The van der Waals surface area contributed by atoms with E-state index in [2.05, 4.69) is 6.92 Å².